The van der Waals surface area contributed by atoms with Crippen LogP contribution in [-0.4, -0.2) is 67.5 Å². The summed E-state index contributed by atoms with van der Waals surface area (Å²) in [5.74, 6) is 0.843. The molecule has 2 fully saturated rings. The number of hydrogen-bond acceptors (Lipinski definition) is 4. The Bertz CT molecular complexity index is 910. The van der Waals surface area contributed by atoms with Gasteiger partial charge in [-0.2, -0.15) is 0 Å². The van der Waals surface area contributed by atoms with Gasteiger partial charge in [-0.15, -0.1) is 0 Å². The van der Waals surface area contributed by atoms with E-state index in [4.69, 9.17) is 4.74 Å². The number of rotatable bonds is 4. The van der Waals surface area contributed by atoms with Crippen molar-refractivity contribution < 1.29 is 14.3 Å². The lowest BCUT2D eigenvalue weighted by Crippen LogP contribution is -2.54. The monoisotopic (exact) mass is 471 g/mol. The van der Waals surface area contributed by atoms with Gasteiger partial charge in [0.25, 0.3) is 5.91 Å². The van der Waals surface area contributed by atoms with Crippen LogP contribution >= 0.6 is 15.9 Å². The molecule has 0 aromatic heterocycles. The Labute approximate surface area is 185 Å². The number of piperazine rings is 1. The molecule has 30 heavy (non-hydrogen) atoms. The van der Waals surface area contributed by atoms with Crippen molar-refractivity contribution in [1.29, 1.82) is 0 Å². The highest BCUT2D eigenvalue weighted by Gasteiger charge is 2.37. The van der Waals surface area contributed by atoms with Crippen molar-refractivity contribution in [1.82, 2.24) is 9.80 Å². The van der Waals surface area contributed by atoms with Crippen LogP contribution in [0.5, 0.6) is 5.75 Å². The summed E-state index contributed by atoms with van der Waals surface area (Å²) in [5.41, 5.74) is 1.73. The maximum absolute atomic E-state index is 13.2. The molecule has 0 bridgehead atoms. The van der Waals surface area contributed by atoms with Crippen LogP contribution in [0.25, 0.3) is 0 Å². The number of carbonyl (C=O) groups is 2. The summed E-state index contributed by atoms with van der Waals surface area (Å²) in [6.07, 6.45) is 1.60. The SMILES string of the molecule is COc1cccc(N2CCN(C(=O)C3CCCN3C(=O)c3ccc(Br)cc3)CC2)c1. The summed E-state index contributed by atoms with van der Waals surface area (Å²) in [6, 6.07) is 15.0. The molecule has 2 aliphatic heterocycles. The zero-order valence-corrected chi connectivity index (χ0v) is 18.7. The summed E-state index contributed by atoms with van der Waals surface area (Å²) < 4.78 is 6.25. The predicted molar refractivity (Wildman–Crippen MR) is 120 cm³/mol. The zero-order valence-electron chi connectivity index (χ0n) is 17.1. The molecule has 0 spiro atoms. The number of anilines is 1. The van der Waals surface area contributed by atoms with Crippen molar-refractivity contribution in [3.63, 3.8) is 0 Å². The van der Waals surface area contributed by atoms with E-state index in [1.807, 2.05) is 35.2 Å². The third-order valence-corrected chi connectivity index (χ3v) is 6.43. The zero-order chi connectivity index (χ0) is 21.1. The summed E-state index contributed by atoms with van der Waals surface area (Å²) in [6.45, 7) is 3.49. The number of halogens is 1. The Kier molecular flexibility index (Phi) is 6.27. The highest BCUT2D eigenvalue weighted by molar-refractivity contribution is 9.10. The van der Waals surface area contributed by atoms with Gasteiger partial charge in [-0.05, 0) is 49.2 Å². The molecule has 2 amide bonds. The molecule has 2 heterocycles. The van der Waals surface area contributed by atoms with Crippen LogP contribution in [0.1, 0.15) is 23.2 Å². The largest absolute Gasteiger partial charge is 0.497 e. The van der Waals surface area contributed by atoms with E-state index in [9.17, 15) is 9.59 Å². The van der Waals surface area contributed by atoms with E-state index in [2.05, 4.69) is 26.9 Å². The quantitative estimate of drug-likeness (QED) is 0.685. The number of likely N-dealkylation sites (tertiary alicyclic amines) is 1. The van der Waals surface area contributed by atoms with E-state index in [-0.39, 0.29) is 17.9 Å². The van der Waals surface area contributed by atoms with E-state index >= 15 is 0 Å². The van der Waals surface area contributed by atoms with Gasteiger partial charge in [-0.25, -0.2) is 0 Å². The molecule has 0 radical (unpaired) electrons. The van der Waals surface area contributed by atoms with Gasteiger partial charge < -0.3 is 19.4 Å². The average molecular weight is 472 g/mol. The van der Waals surface area contributed by atoms with Gasteiger partial charge in [-0.3, -0.25) is 9.59 Å². The summed E-state index contributed by atoms with van der Waals surface area (Å²) in [4.78, 5) is 32.1. The maximum Gasteiger partial charge on any atom is 0.254 e. The first-order valence-electron chi connectivity index (χ1n) is 10.3. The second kappa shape index (κ2) is 9.08. The van der Waals surface area contributed by atoms with Crippen molar-refractivity contribution in [2.24, 2.45) is 0 Å². The number of ether oxygens (including phenoxy) is 1. The van der Waals surface area contributed by atoms with Crippen LogP contribution < -0.4 is 9.64 Å². The number of amides is 2. The Morgan fingerprint density at radius 1 is 1.00 bits per heavy atom. The second-order valence-corrected chi connectivity index (χ2v) is 8.59. The molecule has 2 saturated heterocycles. The molecule has 2 aromatic rings. The first kappa shape index (κ1) is 20.7. The number of nitrogens with zero attached hydrogens (tertiary/aromatic N) is 3. The Morgan fingerprint density at radius 3 is 2.43 bits per heavy atom. The van der Waals surface area contributed by atoms with E-state index in [0.29, 0.717) is 25.2 Å². The maximum atomic E-state index is 13.2. The topological polar surface area (TPSA) is 53.1 Å². The number of benzene rings is 2. The molecule has 7 heteroatoms. The molecule has 158 valence electrons. The molecule has 1 unspecified atom stereocenters. The van der Waals surface area contributed by atoms with Crippen LogP contribution in [0.4, 0.5) is 5.69 Å². The molecule has 1 atom stereocenters. The lowest BCUT2D eigenvalue weighted by atomic mass is 10.1. The molecule has 2 aromatic carbocycles. The highest BCUT2D eigenvalue weighted by atomic mass is 79.9. The van der Waals surface area contributed by atoms with E-state index in [0.717, 1.165) is 41.8 Å². The molecule has 4 rings (SSSR count). The lowest BCUT2D eigenvalue weighted by molar-refractivity contribution is -0.135. The van der Waals surface area contributed by atoms with Crippen molar-refractivity contribution in [2.45, 2.75) is 18.9 Å². The van der Waals surface area contributed by atoms with Gasteiger partial charge in [0.1, 0.15) is 11.8 Å². The molecular weight excluding hydrogens is 446 g/mol. The van der Waals surface area contributed by atoms with Crippen LogP contribution in [-0.2, 0) is 4.79 Å². The van der Waals surface area contributed by atoms with Crippen molar-refractivity contribution in [3.8, 4) is 5.75 Å². The second-order valence-electron chi connectivity index (χ2n) is 7.68. The Hall–Kier alpha value is -2.54. The van der Waals surface area contributed by atoms with Gasteiger partial charge in [0, 0.05) is 54.5 Å². The molecule has 0 N–H and O–H groups in total. The van der Waals surface area contributed by atoms with E-state index < -0.39 is 0 Å². The Morgan fingerprint density at radius 2 is 1.73 bits per heavy atom. The van der Waals surface area contributed by atoms with Gasteiger partial charge in [0.15, 0.2) is 0 Å². The van der Waals surface area contributed by atoms with E-state index in [1.54, 1.807) is 24.1 Å². The fraction of sp³-hybridized carbons (Fsp3) is 0.391. The van der Waals surface area contributed by atoms with Gasteiger partial charge >= 0.3 is 0 Å². The average Bonchev–Trinajstić information content (AvgIpc) is 3.29. The highest BCUT2D eigenvalue weighted by Crippen LogP contribution is 2.25. The standard InChI is InChI=1S/C23H26BrN3O3/c1-30-20-5-2-4-19(16-20)25-12-14-26(15-13-25)23(29)21-6-3-11-27(21)22(28)17-7-9-18(24)10-8-17/h2,4-5,7-10,16,21H,3,6,11-15H2,1H3. The minimum atomic E-state index is -0.357. The molecule has 0 saturated carbocycles. The summed E-state index contributed by atoms with van der Waals surface area (Å²) in [5, 5.41) is 0. The number of methoxy groups -OCH3 is 1. The fourth-order valence-electron chi connectivity index (χ4n) is 4.23. The first-order chi connectivity index (χ1) is 14.6. The normalized spacial score (nSPS) is 19.1. The van der Waals surface area contributed by atoms with Crippen LogP contribution in [0.3, 0.4) is 0 Å². The van der Waals surface area contributed by atoms with Gasteiger partial charge in [0.05, 0.1) is 7.11 Å². The predicted octanol–water partition coefficient (Wildman–Crippen LogP) is 3.41. The van der Waals surface area contributed by atoms with E-state index in [1.165, 1.54) is 0 Å². The first-order valence-corrected chi connectivity index (χ1v) is 11.1. The number of hydrogen-bond donors (Lipinski definition) is 0. The fourth-order valence-corrected chi connectivity index (χ4v) is 4.49. The van der Waals surface area contributed by atoms with Crippen LogP contribution in [0, 0.1) is 0 Å². The minimum absolute atomic E-state index is 0.0617. The van der Waals surface area contributed by atoms with Gasteiger partial charge in [0.2, 0.25) is 5.91 Å². The lowest BCUT2D eigenvalue weighted by Gasteiger charge is -2.38. The third-order valence-electron chi connectivity index (χ3n) is 5.90. The smallest absolute Gasteiger partial charge is 0.254 e. The van der Waals surface area contributed by atoms with Gasteiger partial charge in [-0.1, -0.05) is 22.0 Å². The molecular formula is C23H26BrN3O3. The molecule has 6 nitrogen and oxygen atoms in total. The summed E-state index contributed by atoms with van der Waals surface area (Å²) in [7, 11) is 1.67. The van der Waals surface area contributed by atoms with Crippen molar-refractivity contribution >= 4 is 33.4 Å². The van der Waals surface area contributed by atoms with Crippen molar-refractivity contribution in [3.05, 3.63) is 58.6 Å². The Balaban J connectivity index is 1.39. The molecule has 2 aliphatic rings. The third kappa shape index (κ3) is 4.31. The van der Waals surface area contributed by atoms with Crippen LogP contribution in [0.2, 0.25) is 0 Å². The molecule has 0 aliphatic carbocycles. The summed E-state index contributed by atoms with van der Waals surface area (Å²) >= 11 is 3.40. The van der Waals surface area contributed by atoms with Crippen LogP contribution in [0.15, 0.2) is 53.0 Å². The number of carbonyl (C=O) groups excluding carboxylic acids is 2. The minimum Gasteiger partial charge on any atom is -0.497 e. The van der Waals surface area contributed by atoms with Crippen molar-refractivity contribution in [2.75, 3.05) is 44.7 Å².